The van der Waals surface area contributed by atoms with E-state index in [2.05, 4.69) is 20.8 Å². The number of pyridine rings is 1. The lowest BCUT2D eigenvalue weighted by Crippen LogP contribution is -2.25. The molecule has 2 rings (SSSR count). The Bertz CT molecular complexity index is 566. The SMILES string of the molecule is Cc1cc(C(=O)NCCCn2cccn2)cc(NN)n1. The fourth-order valence-corrected chi connectivity index (χ4v) is 1.85. The molecule has 0 unspecified atom stereocenters. The van der Waals surface area contributed by atoms with Crippen molar-refractivity contribution in [1.29, 1.82) is 0 Å². The van der Waals surface area contributed by atoms with Gasteiger partial charge in [-0.25, -0.2) is 10.8 Å². The zero-order valence-corrected chi connectivity index (χ0v) is 11.3. The third-order valence-electron chi connectivity index (χ3n) is 2.77. The molecule has 0 fully saturated rings. The van der Waals surface area contributed by atoms with Crippen molar-refractivity contribution in [3.63, 3.8) is 0 Å². The second kappa shape index (κ2) is 6.67. The molecule has 0 saturated heterocycles. The zero-order valence-electron chi connectivity index (χ0n) is 11.3. The van der Waals surface area contributed by atoms with E-state index in [4.69, 9.17) is 5.84 Å². The number of nitrogen functional groups attached to an aromatic ring is 1. The monoisotopic (exact) mass is 274 g/mol. The van der Waals surface area contributed by atoms with Crippen LogP contribution < -0.4 is 16.6 Å². The van der Waals surface area contributed by atoms with Crippen LogP contribution in [-0.4, -0.2) is 27.2 Å². The molecule has 0 aliphatic heterocycles. The number of hydrazine groups is 1. The van der Waals surface area contributed by atoms with E-state index in [0.717, 1.165) is 18.7 Å². The Morgan fingerprint density at radius 2 is 2.30 bits per heavy atom. The molecular weight excluding hydrogens is 256 g/mol. The van der Waals surface area contributed by atoms with Gasteiger partial charge in [-0.05, 0) is 31.5 Å². The summed E-state index contributed by atoms with van der Waals surface area (Å²) in [4.78, 5) is 16.1. The average Bonchev–Trinajstić information content (AvgIpc) is 2.95. The Morgan fingerprint density at radius 1 is 1.45 bits per heavy atom. The van der Waals surface area contributed by atoms with Crippen molar-refractivity contribution in [2.75, 3.05) is 12.0 Å². The topological polar surface area (TPSA) is 97.9 Å². The molecule has 0 radical (unpaired) electrons. The molecule has 4 N–H and O–H groups in total. The Morgan fingerprint density at radius 3 is 3.00 bits per heavy atom. The van der Waals surface area contributed by atoms with Crippen LogP contribution in [0.5, 0.6) is 0 Å². The van der Waals surface area contributed by atoms with E-state index in [1.54, 1.807) is 18.3 Å². The van der Waals surface area contributed by atoms with Crippen LogP contribution in [-0.2, 0) is 6.54 Å². The van der Waals surface area contributed by atoms with Crippen LogP contribution in [0.2, 0.25) is 0 Å². The number of nitrogens with zero attached hydrogens (tertiary/aromatic N) is 3. The minimum atomic E-state index is -0.132. The molecule has 0 bridgehead atoms. The highest BCUT2D eigenvalue weighted by molar-refractivity contribution is 5.94. The quantitative estimate of drug-likeness (QED) is 0.409. The second-order valence-electron chi connectivity index (χ2n) is 4.41. The number of nitrogens with one attached hydrogen (secondary N) is 2. The third kappa shape index (κ3) is 3.79. The summed E-state index contributed by atoms with van der Waals surface area (Å²) in [6, 6.07) is 5.22. The summed E-state index contributed by atoms with van der Waals surface area (Å²) in [7, 11) is 0. The van der Waals surface area contributed by atoms with Gasteiger partial charge >= 0.3 is 0 Å². The van der Waals surface area contributed by atoms with Gasteiger partial charge in [0.1, 0.15) is 5.82 Å². The maximum atomic E-state index is 12.0. The van der Waals surface area contributed by atoms with Gasteiger partial charge in [0, 0.05) is 36.7 Å². The molecule has 2 aromatic rings. The van der Waals surface area contributed by atoms with Crippen molar-refractivity contribution in [3.8, 4) is 0 Å². The standard InChI is InChI=1S/C13H18N6O/c1-10-8-11(9-12(17-10)18-14)13(20)15-4-2-6-19-7-3-5-16-19/h3,5,7-9H,2,4,6,14H2,1H3,(H,15,20)(H,17,18). The van der Waals surface area contributed by atoms with E-state index in [-0.39, 0.29) is 5.91 Å². The summed E-state index contributed by atoms with van der Waals surface area (Å²) in [6.07, 6.45) is 4.45. The molecule has 0 atom stereocenters. The second-order valence-corrected chi connectivity index (χ2v) is 4.41. The van der Waals surface area contributed by atoms with Crippen molar-refractivity contribution < 1.29 is 4.79 Å². The Kier molecular flexibility index (Phi) is 4.67. The summed E-state index contributed by atoms with van der Waals surface area (Å²) in [5.74, 6) is 5.66. The summed E-state index contributed by atoms with van der Waals surface area (Å²) in [5.41, 5.74) is 3.73. The van der Waals surface area contributed by atoms with E-state index < -0.39 is 0 Å². The summed E-state index contributed by atoms with van der Waals surface area (Å²) in [6.45, 7) is 3.18. The highest BCUT2D eigenvalue weighted by atomic mass is 16.1. The minimum Gasteiger partial charge on any atom is -0.352 e. The Balaban J connectivity index is 1.83. The Hall–Kier alpha value is -2.41. The maximum Gasteiger partial charge on any atom is 0.251 e. The molecule has 1 amide bonds. The van der Waals surface area contributed by atoms with E-state index in [9.17, 15) is 4.79 Å². The van der Waals surface area contributed by atoms with Crippen LogP contribution in [0.25, 0.3) is 0 Å². The van der Waals surface area contributed by atoms with Crippen molar-refractivity contribution in [3.05, 3.63) is 41.9 Å². The molecule has 106 valence electrons. The number of aromatic nitrogens is 3. The number of carbonyl (C=O) groups excluding carboxylic acids is 1. The number of amides is 1. The smallest absolute Gasteiger partial charge is 0.251 e. The van der Waals surface area contributed by atoms with Gasteiger partial charge < -0.3 is 10.7 Å². The highest BCUT2D eigenvalue weighted by Crippen LogP contribution is 2.08. The van der Waals surface area contributed by atoms with E-state index >= 15 is 0 Å². The first-order chi connectivity index (χ1) is 9.69. The van der Waals surface area contributed by atoms with Gasteiger partial charge in [-0.3, -0.25) is 9.48 Å². The number of carbonyl (C=O) groups is 1. The first kappa shape index (κ1) is 14.0. The first-order valence-corrected chi connectivity index (χ1v) is 6.40. The van der Waals surface area contributed by atoms with E-state index in [1.165, 1.54) is 0 Å². The molecule has 20 heavy (non-hydrogen) atoms. The summed E-state index contributed by atoms with van der Waals surface area (Å²) < 4.78 is 1.83. The maximum absolute atomic E-state index is 12.0. The van der Waals surface area contributed by atoms with E-state index in [1.807, 2.05) is 23.9 Å². The lowest BCUT2D eigenvalue weighted by atomic mass is 10.2. The van der Waals surface area contributed by atoms with Gasteiger partial charge in [0.05, 0.1) is 0 Å². The highest BCUT2D eigenvalue weighted by Gasteiger charge is 2.07. The number of anilines is 1. The van der Waals surface area contributed by atoms with Crippen molar-refractivity contribution in [2.24, 2.45) is 5.84 Å². The molecule has 0 aliphatic carbocycles. The van der Waals surface area contributed by atoms with Crippen molar-refractivity contribution in [2.45, 2.75) is 19.9 Å². The number of hydrogen-bond acceptors (Lipinski definition) is 5. The number of hydrogen-bond donors (Lipinski definition) is 3. The molecule has 0 saturated carbocycles. The fraction of sp³-hybridized carbons (Fsp3) is 0.308. The van der Waals surface area contributed by atoms with Crippen LogP contribution >= 0.6 is 0 Å². The van der Waals surface area contributed by atoms with Crippen molar-refractivity contribution >= 4 is 11.7 Å². The van der Waals surface area contributed by atoms with Crippen LogP contribution in [0.3, 0.4) is 0 Å². The molecule has 7 nitrogen and oxygen atoms in total. The van der Waals surface area contributed by atoms with Crippen LogP contribution in [0.1, 0.15) is 22.5 Å². The van der Waals surface area contributed by atoms with Crippen LogP contribution in [0.4, 0.5) is 5.82 Å². The van der Waals surface area contributed by atoms with Crippen LogP contribution in [0.15, 0.2) is 30.6 Å². The number of aryl methyl sites for hydroxylation is 2. The van der Waals surface area contributed by atoms with Gasteiger partial charge in [0.2, 0.25) is 0 Å². The first-order valence-electron chi connectivity index (χ1n) is 6.40. The normalized spacial score (nSPS) is 10.3. The summed E-state index contributed by atoms with van der Waals surface area (Å²) >= 11 is 0. The van der Waals surface area contributed by atoms with Gasteiger partial charge in [0.15, 0.2) is 0 Å². The molecule has 0 aromatic carbocycles. The predicted octanol–water partition coefficient (Wildman–Crippen LogP) is 0.692. The zero-order chi connectivity index (χ0) is 14.4. The van der Waals surface area contributed by atoms with Crippen LogP contribution in [0, 0.1) is 6.92 Å². The average molecular weight is 274 g/mol. The largest absolute Gasteiger partial charge is 0.352 e. The lowest BCUT2D eigenvalue weighted by molar-refractivity contribution is 0.0952. The predicted molar refractivity (Wildman–Crippen MR) is 76.0 cm³/mol. The molecule has 0 spiro atoms. The minimum absolute atomic E-state index is 0.132. The number of nitrogens with two attached hydrogens (primary N) is 1. The lowest BCUT2D eigenvalue weighted by Gasteiger charge is -2.08. The Labute approximate surface area is 117 Å². The third-order valence-corrected chi connectivity index (χ3v) is 2.77. The molecule has 0 aliphatic rings. The number of rotatable bonds is 6. The van der Waals surface area contributed by atoms with Gasteiger partial charge in [0.25, 0.3) is 5.91 Å². The van der Waals surface area contributed by atoms with Gasteiger partial charge in [-0.2, -0.15) is 5.10 Å². The molecule has 2 aromatic heterocycles. The van der Waals surface area contributed by atoms with Gasteiger partial charge in [-0.1, -0.05) is 0 Å². The summed E-state index contributed by atoms with van der Waals surface area (Å²) in [5, 5.41) is 6.96. The molecular formula is C13H18N6O. The fourth-order valence-electron chi connectivity index (χ4n) is 1.85. The molecule has 7 heteroatoms. The van der Waals surface area contributed by atoms with Crippen molar-refractivity contribution in [1.82, 2.24) is 20.1 Å². The molecule has 2 heterocycles. The van der Waals surface area contributed by atoms with E-state index in [0.29, 0.717) is 17.9 Å². The van der Waals surface area contributed by atoms with Gasteiger partial charge in [-0.15, -0.1) is 0 Å².